The first-order valence-electron chi connectivity index (χ1n) is 8.11. The summed E-state index contributed by atoms with van der Waals surface area (Å²) in [7, 11) is 0. The molecule has 1 amide bonds. The van der Waals surface area contributed by atoms with E-state index in [1.54, 1.807) is 12.1 Å². The van der Waals surface area contributed by atoms with E-state index in [4.69, 9.17) is 4.74 Å². The van der Waals surface area contributed by atoms with Crippen molar-refractivity contribution < 1.29 is 14.3 Å². The van der Waals surface area contributed by atoms with Crippen molar-refractivity contribution in [1.29, 1.82) is 0 Å². The Balaban J connectivity index is 1.76. The number of carbonyl (C=O) groups excluding carboxylic acids is 2. The fraction of sp³-hybridized carbons (Fsp3) is 0.238. The molecule has 0 unspecified atom stereocenters. The maximum Gasteiger partial charge on any atom is 0.407 e. The first kappa shape index (κ1) is 18.3. The van der Waals surface area contributed by atoms with Crippen LogP contribution in [0, 0.1) is 18.8 Å². The Morgan fingerprint density at radius 2 is 1.88 bits per heavy atom. The predicted molar refractivity (Wildman–Crippen MR) is 97.3 cm³/mol. The summed E-state index contributed by atoms with van der Waals surface area (Å²) in [5.74, 6) is 6.07. The molecule has 128 valence electrons. The number of Topliss-reactive ketones (excluding diaryl/α,β-unsaturated/α-hetero) is 1. The van der Waals surface area contributed by atoms with Crippen molar-refractivity contribution in [2.75, 3.05) is 6.54 Å². The molecule has 4 nitrogen and oxygen atoms in total. The number of ketones is 1. The molecule has 25 heavy (non-hydrogen) atoms. The lowest BCUT2D eigenvalue weighted by Gasteiger charge is -2.05. The number of hydrogen-bond acceptors (Lipinski definition) is 3. The second-order valence-electron chi connectivity index (χ2n) is 5.63. The number of alkyl carbamates (subject to hydrolysis) is 1. The molecule has 4 heteroatoms. The Morgan fingerprint density at radius 1 is 1.12 bits per heavy atom. The van der Waals surface area contributed by atoms with Gasteiger partial charge in [0.2, 0.25) is 0 Å². The average Bonchev–Trinajstić information content (AvgIpc) is 2.61. The zero-order valence-corrected chi connectivity index (χ0v) is 14.5. The lowest BCUT2D eigenvalue weighted by molar-refractivity contribution is 0.101. The fourth-order valence-electron chi connectivity index (χ4n) is 2.13. The van der Waals surface area contributed by atoms with Gasteiger partial charge in [0.15, 0.2) is 5.78 Å². The molecule has 0 saturated heterocycles. The van der Waals surface area contributed by atoms with Crippen molar-refractivity contribution in [3.63, 3.8) is 0 Å². The minimum atomic E-state index is -0.458. The molecule has 0 aliphatic heterocycles. The molecule has 2 rings (SSSR count). The van der Waals surface area contributed by atoms with Crippen LogP contribution in [-0.4, -0.2) is 18.4 Å². The van der Waals surface area contributed by atoms with Gasteiger partial charge in [0.1, 0.15) is 6.61 Å². The summed E-state index contributed by atoms with van der Waals surface area (Å²) in [6, 6.07) is 15.0. The molecule has 0 radical (unpaired) electrons. The molecule has 0 aliphatic carbocycles. The van der Waals surface area contributed by atoms with Gasteiger partial charge in [-0.2, -0.15) is 0 Å². The molecular formula is C21H21NO3. The Labute approximate surface area is 148 Å². The smallest absolute Gasteiger partial charge is 0.407 e. The van der Waals surface area contributed by atoms with Crippen LogP contribution >= 0.6 is 0 Å². The first-order chi connectivity index (χ1) is 12.1. The van der Waals surface area contributed by atoms with Gasteiger partial charge in [-0.15, -0.1) is 0 Å². The fourth-order valence-corrected chi connectivity index (χ4v) is 2.13. The van der Waals surface area contributed by atoms with Gasteiger partial charge in [0.05, 0.1) is 0 Å². The van der Waals surface area contributed by atoms with E-state index in [0.29, 0.717) is 18.5 Å². The van der Waals surface area contributed by atoms with Gasteiger partial charge in [0, 0.05) is 24.1 Å². The molecule has 0 atom stereocenters. The normalized spacial score (nSPS) is 9.68. The Morgan fingerprint density at radius 3 is 2.60 bits per heavy atom. The molecule has 0 spiro atoms. The van der Waals surface area contributed by atoms with Crippen molar-refractivity contribution in [2.45, 2.75) is 26.9 Å². The summed E-state index contributed by atoms with van der Waals surface area (Å²) < 4.78 is 5.12. The lowest BCUT2D eigenvalue weighted by Crippen LogP contribution is -2.24. The largest absolute Gasteiger partial charge is 0.445 e. The van der Waals surface area contributed by atoms with Crippen LogP contribution in [0.2, 0.25) is 0 Å². The Bertz CT molecular complexity index is 801. The van der Waals surface area contributed by atoms with E-state index in [-0.39, 0.29) is 12.4 Å². The zero-order valence-electron chi connectivity index (χ0n) is 14.5. The average molecular weight is 335 g/mol. The zero-order chi connectivity index (χ0) is 18.1. The molecule has 1 N–H and O–H groups in total. The van der Waals surface area contributed by atoms with E-state index in [1.165, 1.54) is 6.92 Å². The second kappa shape index (κ2) is 9.29. The van der Waals surface area contributed by atoms with E-state index in [0.717, 1.165) is 16.7 Å². The van der Waals surface area contributed by atoms with Gasteiger partial charge >= 0.3 is 6.09 Å². The van der Waals surface area contributed by atoms with Gasteiger partial charge in [-0.05, 0) is 31.0 Å². The minimum absolute atomic E-state index is 0.0193. The highest BCUT2D eigenvalue weighted by Gasteiger charge is 2.02. The topological polar surface area (TPSA) is 55.4 Å². The number of amides is 1. The predicted octanol–water partition coefficient (Wildman–Crippen LogP) is 3.87. The third-order valence-electron chi connectivity index (χ3n) is 3.60. The van der Waals surface area contributed by atoms with Crippen molar-refractivity contribution in [3.8, 4) is 11.8 Å². The van der Waals surface area contributed by atoms with E-state index in [2.05, 4.69) is 17.2 Å². The SMILES string of the molecule is CC(=O)c1ccc(C)c(C#CCCNC(=O)OCc2ccccc2)c1. The lowest BCUT2D eigenvalue weighted by atomic mass is 10.0. The highest BCUT2D eigenvalue weighted by molar-refractivity contribution is 5.94. The molecule has 2 aromatic rings. The van der Waals surface area contributed by atoms with Crippen LogP contribution in [0.25, 0.3) is 0 Å². The van der Waals surface area contributed by atoms with E-state index >= 15 is 0 Å². The number of hydrogen-bond donors (Lipinski definition) is 1. The molecule has 0 bridgehead atoms. The molecule has 0 heterocycles. The van der Waals surface area contributed by atoms with Gasteiger partial charge < -0.3 is 10.1 Å². The third-order valence-corrected chi connectivity index (χ3v) is 3.60. The van der Waals surface area contributed by atoms with Crippen LogP contribution in [0.1, 0.15) is 40.4 Å². The summed E-state index contributed by atoms with van der Waals surface area (Å²) in [5, 5.41) is 2.67. The van der Waals surface area contributed by atoms with Gasteiger partial charge in [-0.25, -0.2) is 4.79 Å². The summed E-state index contributed by atoms with van der Waals surface area (Å²) in [6.45, 7) is 4.14. The summed E-state index contributed by atoms with van der Waals surface area (Å²) in [6.07, 6.45) is 0.0462. The highest BCUT2D eigenvalue weighted by Crippen LogP contribution is 2.10. The number of ether oxygens (including phenoxy) is 1. The molecule has 0 aliphatic rings. The number of aryl methyl sites for hydroxylation is 1. The molecule has 0 fully saturated rings. The van der Waals surface area contributed by atoms with Crippen LogP contribution in [0.4, 0.5) is 4.79 Å². The molecule has 2 aromatic carbocycles. The van der Waals surface area contributed by atoms with Crippen molar-refractivity contribution in [2.24, 2.45) is 0 Å². The molecular weight excluding hydrogens is 314 g/mol. The van der Waals surface area contributed by atoms with Crippen LogP contribution < -0.4 is 5.32 Å². The third kappa shape index (κ3) is 6.15. The van der Waals surface area contributed by atoms with Gasteiger partial charge in [0.25, 0.3) is 0 Å². The van der Waals surface area contributed by atoms with E-state index < -0.39 is 6.09 Å². The monoisotopic (exact) mass is 335 g/mol. The first-order valence-corrected chi connectivity index (χ1v) is 8.11. The van der Waals surface area contributed by atoms with Crippen molar-refractivity contribution >= 4 is 11.9 Å². The standard InChI is InChI=1S/C21H21NO3/c1-16-11-12-20(17(2)23)14-19(16)10-6-7-13-22-21(24)25-15-18-8-4-3-5-9-18/h3-5,8-9,11-12,14H,7,13,15H2,1-2H3,(H,22,24). The van der Waals surface area contributed by atoms with Gasteiger partial charge in [-0.1, -0.05) is 54.3 Å². The van der Waals surface area contributed by atoms with Crippen LogP contribution in [0.3, 0.4) is 0 Å². The maximum atomic E-state index is 11.6. The van der Waals surface area contributed by atoms with Crippen LogP contribution in [0.15, 0.2) is 48.5 Å². The Kier molecular flexibility index (Phi) is 6.79. The van der Waals surface area contributed by atoms with Crippen molar-refractivity contribution in [3.05, 3.63) is 70.8 Å². The summed E-state index contributed by atoms with van der Waals surface area (Å²) in [4.78, 5) is 23.0. The summed E-state index contributed by atoms with van der Waals surface area (Å²) in [5.41, 5.74) is 3.45. The van der Waals surface area contributed by atoms with Gasteiger partial charge in [-0.3, -0.25) is 4.79 Å². The second-order valence-corrected chi connectivity index (χ2v) is 5.63. The highest BCUT2D eigenvalue weighted by atomic mass is 16.5. The summed E-state index contributed by atoms with van der Waals surface area (Å²) >= 11 is 0. The van der Waals surface area contributed by atoms with Crippen LogP contribution in [0.5, 0.6) is 0 Å². The Hall–Kier alpha value is -3.06. The van der Waals surface area contributed by atoms with E-state index in [9.17, 15) is 9.59 Å². The maximum absolute atomic E-state index is 11.6. The number of rotatable bonds is 5. The number of carbonyl (C=O) groups is 2. The van der Waals surface area contributed by atoms with E-state index in [1.807, 2.05) is 43.3 Å². The minimum Gasteiger partial charge on any atom is -0.445 e. The number of benzene rings is 2. The quantitative estimate of drug-likeness (QED) is 0.513. The molecule has 0 aromatic heterocycles. The number of nitrogens with one attached hydrogen (secondary N) is 1. The molecule has 0 saturated carbocycles. The van der Waals surface area contributed by atoms with Crippen LogP contribution in [-0.2, 0) is 11.3 Å². The van der Waals surface area contributed by atoms with Crippen molar-refractivity contribution in [1.82, 2.24) is 5.32 Å².